The van der Waals surface area contributed by atoms with Crippen LogP contribution in [0.3, 0.4) is 0 Å². The van der Waals surface area contributed by atoms with Crippen LogP contribution in [-0.4, -0.2) is 35.5 Å². The molecule has 0 radical (unpaired) electrons. The van der Waals surface area contributed by atoms with Gasteiger partial charge in [-0.2, -0.15) is 5.10 Å². The van der Waals surface area contributed by atoms with Crippen LogP contribution in [0.5, 0.6) is 0 Å². The first-order valence-corrected chi connectivity index (χ1v) is 11.5. The van der Waals surface area contributed by atoms with Crippen molar-refractivity contribution in [2.75, 3.05) is 11.1 Å². The summed E-state index contributed by atoms with van der Waals surface area (Å²) in [5.41, 5.74) is 8.52. The fourth-order valence-corrected chi connectivity index (χ4v) is 4.66. The van der Waals surface area contributed by atoms with E-state index in [0.717, 1.165) is 5.56 Å². The summed E-state index contributed by atoms with van der Waals surface area (Å²) >= 11 is 0. The first kappa shape index (κ1) is 22.7. The molecule has 6 rings (SSSR count). The van der Waals surface area contributed by atoms with Crippen molar-refractivity contribution in [2.24, 2.45) is 0 Å². The van der Waals surface area contributed by atoms with Crippen LogP contribution in [-0.2, 0) is 16.6 Å². The standard InChI is InChI=1S/C26H20F2N8O/c1-13-30-24-18(11-14-3-7-16(27)8-4-14)31-19(12-36(24)35-13)22-32-21(29)20-23(33-22)34-25(37)26(20,2)15-5-9-17(28)10-6-15/h3-10,12H,11H2,1-2H3,(H3,29,32,33,34,37). The summed E-state index contributed by atoms with van der Waals surface area (Å²) in [7, 11) is 0. The van der Waals surface area contributed by atoms with Crippen molar-refractivity contribution < 1.29 is 13.6 Å². The number of amides is 1. The number of halogens is 2. The first-order chi connectivity index (χ1) is 17.7. The molecule has 0 spiro atoms. The zero-order chi connectivity index (χ0) is 25.9. The first-order valence-electron chi connectivity index (χ1n) is 11.5. The molecule has 9 nitrogen and oxygen atoms in total. The van der Waals surface area contributed by atoms with Gasteiger partial charge in [-0.1, -0.05) is 24.3 Å². The molecule has 5 aromatic rings. The van der Waals surface area contributed by atoms with E-state index in [1.165, 1.54) is 24.3 Å². The molecule has 184 valence electrons. The van der Waals surface area contributed by atoms with Gasteiger partial charge < -0.3 is 11.1 Å². The van der Waals surface area contributed by atoms with Crippen LogP contribution in [0, 0.1) is 18.6 Å². The van der Waals surface area contributed by atoms with Gasteiger partial charge in [-0.3, -0.25) is 4.79 Å². The van der Waals surface area contributed by atoms with E-state index in [2.05, 4.69) is 25.4 Å². The predicted octanol–water partition coefficient (Wildman–Crippen LogP) is 3.60. The number of hydrogen-bond acceptors (Lipinski definition) is 7. The molecule has 1 atom stereocenters. The maximum atomic E-state index is 13.5. The molecule has 4 heterocycles. The Balaban J connectivity index is 1.47. The molecule has 1 aliphatic heterocycles. The highest BCUT2D eigenvalue weighted by Gasteiger charge is 2.47. The number of fused-ring (bicyclic) bond motifs is 2. The number of aryl methyl sites for hydroxylation is 1. The fourth-order valence-electron chi connectivity index (χ4n) is 4.66. The van der Waals surface area contributed by atoms with E-state index in [1.54, 1.807) is 48.8 Å². The molecule has 2 aromatic carbocycles. The Morgan fingerprint density at radius 1 is 0.973 bits per heavy atom. The lowest BCUT2D eigenvalue weighted by molar-refractivity contribution is -0.119. The van der Waals surface area contributed by atoms with Crippen LogP contribution in [0.4, 0.5) is 20.4 Å². The molecule has 1 unspecified atom stereocenters. The van der Waals surface area contributed by atoms with Crippen molar-refractivity contribution in [3.63, 3.8) is 0 Å². The lowest BCUT2D eigenvalue weighted by Gasteiger charge is -2.23. The van der Waals surface area contributed by atoms with Gasteiger partial charge in [-0.15, -0.1) is 0 Å². The van der Waals surface area contributed by atoms with Crippen LogP contribution in [0.1, 0.15) is 35.1 Å². The topological polar surface area (TPSA) is 124 Å². The minimum Gasteiger partial charge on any atom is -0.383 e. The number of aromatic nitrogens is 6. The minimum atomic E-state index is -1.19. The van der Waals surface area contributed by atoms with Gasteiger partial charge in [0.2, 0.25) is 5.91 Å². The predicted molar refractivity (Wildman–Crippen MR) is 132 cm³/mol. The molecule has 0 bridgehead atoms. The van der Waals surface area contributed by atoms with Gasteiger partial charge in [0.25, 0.3) is 0 Å². The number of nitrogens with one attached hydrogen (secondary N) is 1. The Kier molecular flexibility index (Phi) is 4.97. The fraction of sp³-hybridized carbons (Fsp3) is 0.154. The maximum Gasteiger partial charge on any atom is 0.240 e. The molecule has 1 aliphatic rings. The van der Waals surface area contributed by atoms with E-state index in [1.807, 2.05) is 0 Å². The van der Waals surface area contributed by atoms with Crippen molar-refractivity contribution >= 4 is 23.2 Å². The zero-order valence-corrected chi connectivity index (χ0v) is 19.8. The normalized spacial score (nSPS) is 16.7. The van der Waals surface area contributed by atoms with Crippen molar-refractivity contribution in [3.05, 3.63) is 94.6 Å². The monoisotopic (exact) mass is 498 g/mol. The van der Waals surface area contributed by atoms with Crippen LogP contribution >= 0.6 is 0 Å². The van der Waals surface area contributed by atoms with Crippen molar-refractivity contribution in [1.82, 2.24) is 29.5 Å². The van der Waals surface area contributed by atoms with Crippen LogP contribution in [0.15, 0.2) is 54.7 Å². The molecule has 0 saturated heterocycles. The molecule has 0 fully saturated rings. The molecule has 0 saturated carbocycles. The Bertz CT molecular complexity index is 1700. The van der Waals surface area contributed by atoms with E-state index >= 15 is 0 Å². The average molecular weight is 498 g/mol. The summed E-state index contributed by atoms with van der Waals surface area (Å²) in [4.78, 5) is 31.4. The number of nitrogen functional groups attached to an aromatic ring is 1. The average Bonchev–Trinajstić information content (AvgIpc) is 3.37. The lowest BCUT2D eigenvalue weighted by atomic mass is 9.78. The van der Waals surface area contributed by atoms with E-state index in [4.69, 9.17) is 10.7 Å². The Hall–Kier alpha value is -4.80. The minimum absolute atomic E-state index is 0.0990. The van der Waals surface area contributed by atoms with Gasteiger partial charge >= 0.3 is 0 Å². The summed E-state index contributed by atoms with van der Waals surface area (Å²) in [6.45, 7) is 3.47. The highest BCUT2D eigenvalue weighted by Crippen LogP contribution is 2.44. The van der Waals surface area contributed by atoms with Crippen LogP contribution in [0.25, 0.3) is 17.2 Å². The molecule has 11 heteroatoms. The van der Waals surface area contributed by atoms with Crippen LogP contribution in [0.2, 0.25) is 0 Å². The van der Waals surface area contributed by atoms with Gasteiger partial charge in [0.05, 0.1) is 17.5 Å². The van der Waals surface area contributed by atoms with Gasteiger partial charge in [-0.05, 0) is 49.2 Å². The second-order valence-corrected chi connectivity index (χ2v) is 9.05. The van der Waals surface area contributed by atoms with Crippen LogP contribution < -0.4 is 11.1 Å². The third kappa shape index (κ3) is 3.66. The number of anilines is 2. The largest absolute Gasteiger partial charge is 0.383 e. The van der Waals surface area contributed by atoms with Crippen molar-refractivity contribution in [1.29, 1.82) is 0 Å². The number of carbonyl (C=O) groups is 1. The second-order valence-electron chi connectivity index (χ2n) is 9.05. The number of nitrogens with zero attached hydrogens (tertiary/aromatic N) is 6. The molecule has 37 heavy (non-hydrogen) atoms. The molecule has 3 aromatic heterocycles. The second kappa shape index (κ2) is 8.12. The molecular formula is C26H20F2N8O. The number of hydrogen-bond donors (Lipinski definition) is 2. The smallest absolute Gasteiger partial charge is 0.240 e. The van der Waals surface area contributed by atoms with Gasteiger partial charge in [0.1, 0.15) is 40.2 Å². The molecule has 3 N–H and O–H groups in total. The van der Waals surface area contributed by atoms with Crippen molar-refractivity contribution in [2.45, 2.75) is 25.7 Å². The zero-order valence-electron chi connectivity index (χ0n) is 19.8. The molecule has 0 aliphatic carbocycles. The molecular weight excluding hydrogens is 478 g/mol. The summed E-state index contributed by atoms with van der Waals surface area (Å²) in [5, 5.41) is 7.20. The Morgan fingerprint density at radius 3 is 2.35 bits per heavy atom. The molecule has 1 amide bonds. The third-order valence-corrected chi connectivity index (χ3v) is 6.55. The number of carbonyl (C=O) groups excluding carboxylic acids is 1. The number of nitrogens with two attached hydrogens (primary N) is 1. The summed E-state index contributed by atoms with van der Waals surface area (Å²) in [6, 6.07) is 11.8. The Labute approximate surface area is 209 Å². The van der Waals surface area contributed by atoms with E-state index in [0.29, 0.717) is 40.4 Å². The maximum absolute atomic E-state index is 13.5. The van der Waals surface area contributed by atoms with Gasteiger partial charge in [0, 0.05) is 6.42 Å². The summed E-state index contributed by atoms with van der Waals surface area (Å²) in [6.07, 6.45) is 2.01. The van der Waals surface area contributed by atoms with E-state index in [9.17, 15) is 13.6 Å². The summed E-state index contributed by atoms with van der Waals surface area (Å²) < 4.78 is 28.5. The highest BCUT2D eigenvalue weighted by atomic mass is 19.1. The number of benzene rings is 2. The summed E-state index contributed by atoms with van der Waals surface area (Å²) in [5.74, 6) is 0.0151. The highest BCUT2D eigenvalue weighted by molar-refractivity contribution is 6.09. The van der Waals surface area contributed by atoms with Crippen molar-refractivity contribution in [3.8, 4) is 11.5 Å². The number of rotatable bonds is 4. The van der Waals surface area contributed by atoms with Gasteiger partial charge in [0.15, 0.2) is 11.5 Å². The SMILES string of the molecule is Cc1nc2c(Cc3ccc(F)cc3)nc(-c3nc(N)c4c(n3)NC(=O)C4(C)c3ccc(F)cc3)cn2n1. The van der Waals surface area contributed by atoms with E-state index < -0.39 is 11.2 Å². The third-order valence-electron chi connectivity index (χ3n) is 6.55. The quantitative estimate of drug-likeness (QED) is 0.388. The van der Waals surface area contributed by atoms with Gasteiger partial charge in [-0.25, -0.2) is 33.2 Å². The lowest BCUT2D eigenvalue weighted by Crippen LogP contribution is -2.33. The van der Waals surface area contributed by atoms with E-state index in [-0.39, 0.29) is 29.2 Å². The Morgan fingerprint density at radius 2 is 1.65 bits per heavy atom.